The second-order valence-corrected chi connectivity index (χ2v) is 5.52. The molecule has 0 aliphatic carbocycles. The van der Waals surface area contributed by atoms with Gasteiger partial charge in [-0.05, 0) is 18.2 Å². The summed E-state index contributed by atoms with van der Waals surface area (Å²) in [6.07, 6.45) is -0.522. The van der Waals surface area contributed by atoms with Crippen molar-refractivity contribution >= 4 is 29.3 Å². The van der Waals surface area contributed by atoms with Crippen LogP contribution in [0, 0.1) is 0 Å². The van der Waals surface area contributed by atoms with Crippen LogP contribution in [0.25, 0.3) is 0 Å². The highest BCUT2D eigenvalue weighted by Gasteiger charge is 2.33. The molecule has 1 aromatic rings. The maximum Gasteiger partial charge on any atom is 0.407 e. The molecule has 2 heterocycles. The molecule has 0 aromatic heterocycles. The molecule has 7 heteroatoms. The third-order valence-corrected chi connectivity index (χ3v) is 3.97. The molecule has 21 heavy (non-hydrogen) atoms. The fourth-order valence-corrected chi connectivity index (χ4v) is 2.78. The lowest BCUT2D eigenvalue weighted by Gasteiger charge is -2.36. The van der Waals surface area contributed by atoms with Gasteiger partial charge in [0.05, 0.1) is 0 Å². The molecule has 0 saturated carbocycles. The maximum absolute atomic E-state index is 12.2. The molecule has 112 valence electrons. The van der Waals surface area contributed by atoms with Gasteiger partial charge in [-0.25, -0.2) is 4.79 Å². The molecule has 2 saturated heterocycles. The summed E-state index contributed by atoms with van der Waals surface area (Å²) in [4.78, 5) is 27.2. The molecule has 1 N–H and O–H groups in total. The standard InChI is InChI=1S/C14H16ClN3O3/c15-10-2-1-3-11(8-10)17-4-6-18(7-5-17)13(19)12-9-21-14(20)16-12/h1-3,8,12H,4-7,9H2,(H,16,20). The van der Waals surface area contributed by atoms with Crippen molar-refractivity contribution in [3.63, 3.8) is 0 Å². The lowest BCUT2D eigenvalue weighted by Crippen LogP contribution is -2.53. The van der Waals surface area contributed by atoms with Gasteiger partial charge < -0.3 is 19.9 Å². The fourth-order valence-electron chi connectivity index (χ4n) is 2.60. The van der Waals surface area contributed by atoms with E-state index in [1.54, 1.807) is 4.90 Å². The minimum absolute atomic E-state index is 0.0772. The van der Waals surface area contributed by atoms with Crippen LogP contribution in [0.1, 0.15) is 0 Å². The Morgan fingerprint density at radius 1 is 1.29 bits per heavy atom. The average Bonchev–Trinajstić information content (AvgIpc) is 2.93. The van der Waals surface area contributed by atoms with Gasteiger partial charge in [0.1, 0.15) is 12.6 Å². The van der Waals surface area contributed by atoms with Gasteiger partial charge >= 0.3 is 6.09 Å². The summed E-state index contributed by atoms with van der Waals surface area (Å²) in [5.74, 6) is -0.0772. The summed E-state index contributed by atoms with van der Waals surface area (Å²) in [5, 5.41) is 3.22. The zero-order valence-corrected chi connectivity index (χ0v) is 12.2. The number of benzene rings is 1. The van der Waals surface area contributed by atoms with Crippen molar-refractivity contribution in [1.29, 1.82) is 0 Å². The Hall–Kier alpha value is -1.95. The number of ether oxygens (including phenoxy) is 1. The first-order chi connectivity index (χ1) is 10.1. The Morgan fingerprint density at radius 3 is 2.67 bits per heavy atom. The number of carbonyl (C=O) groups excluding carboxylic acids is 2. The number of nitrogens with one attached hydrogen (secondary N) is 1. The molecule has 2 fully saturated rings. The Labute approximate surface area is 127 Å². The van der Waals surface area contributed by atoms with E-state index in [-0.39, 0.29) is 12.5 Å². The second-order valence-electron chi connectivity index (χ2n) is 5.09. The molecule has 1 unspecified atom stereocenters. The van der Waals surface area contributed by atoms with Crippen molar-refractivity contribution in [1.82, 2.24) is 10.2 Å². The van der Waals surface area contributed by atoms with Crippen molar-refractivity contribution in [3.8, 4) is 0 Å². The van der Waals surface area contributed by atoms with E-state index in [1.165, 1.54) is 0 Å². The smallest absolute Gasteiger partial charge is 0.407 e. The predicted molar refractivity (Wildman–Crippen MR) is 78.5 cm³/mol. The lowest BCUT2D eigenvalue weighted by molar-refractivity contribution is -0.133. The molecular formula is C14H16ClN3O3. The van der Waals surface area contributed by atoms with Crippen LogP contribution in [-0.4, -0.2) is 55.7 Å². The zero-order valence-electron chi connectivity index (χ0n) is 11.4. The molecule has 1 atom stereocenters. The van der Waals surface area contributed by atoms with E-state index in [2.05, 4.69) is 10.2 Å². The van der Waals surface area contributed by atoms with Crippen molar-refractivity contribution in [2.24, 2.45) is 0 Å². The third kappa shape index (κ3) is 3.05. The normalized spacial score (nSPS) is 22.0. The Morgan fingerprint density at radius 2 is 2.05 bits per heavy atom. The van der Waals surface area contributed by atoms with E-state index in [0.29, 0.717) is 18.1 Å². The summed E-state index contributed by atoms with van der Waals surface area (Å²) in [6.45, 7) is 2.85. The van der Waals surface area contributed by atoms with Crippen LogP contribution in [0.15, 0.2) is 24.3 Å². The van der Waals surface area contributed by atoms with Gasteiger partial charge in [-0.15, -0.1) is 0 Å². The lowest BCUT2D eigenvalue weighted by atomic mass is 10.2. The number of rotatable bonds is 2. The van der Waals surface area contributed by atoms with E-state index in [0.717, 1.165) is 18.8 Å². The number of amides is 2. The van der Waals surface area contributed by atoms with Crippen molar-refractivity contribution in [2.75, 3.05) is 37.7 Å². The summed E-state index contributed by atoms with van der Waals surface area (Å²) < 4.78 is 4.76. The van der Waals surface area contributed by atoms with Gasteiger partial charge in [0, 0.05) is 36.9 Å². The number of nitrogens with zero attached hydrogens (tertiary/aromatic N) is 2. The maximum atomic E-state index is 12.2. The summed E-state index contributed by atoms with van der Waals surface area (Å²) in [7, 11) is 0. The molecule has 1 aromatic carbocycles. The van der Waals surface area contributed by atoms with Crippen LogP contribution >= 0.6 is 11.6 Å². The second kappa shape index (κ2) is 5.81. The summed E-state index contributed by atoms with van der Waals surface area (Å²) in [5.41, 5.74) is 1.06. The van der Waals surface area contributed by atoms with E-state index >= 15 is 0 Å². The molecule has 3 rings (SSSR count). The van der Waals surface area contributed by atoms with Crippen LogP contribution in [0.2, 0.25) is 5.02 Å². The monoisotopic (exact) mass is 309 g/mol. The van der Waals surface area contributed by atoms with Crippen LogP contribution in [0.3, 0.4) is 0 Å². The summed E-state index contributed by atoms with van der Waals surface area (Å²) in [6, 6.07) is 7.14. The SMILES string of the molecule is O=C1NC(C(=O)N2CCN(c3cccc(Cl)c3)CC2)CO1. The highest BCUT2D eigenvalue weighted by Crippen LogP contribution is 2.21. The number of piperazine rings is 1. The van der Waals surface area contributed by atoms with Gasteiger partial charge in [0.25, 0.3) is 0 Å². The minimum Gasteiger partial charge on any atom is -0.447 e. The van der Waals surface area contributed by atoms with Gasteiger partial charge in [0.2, 0.25) is 5.91 Å². The minimum atomic E-state index is -0.546. The molecule has 2 aliphatic heterocycles. The molecule has 2 amide bonds. The Balaban J connectivity index is 1.57. The van der Waals surface area contributed by atoms with E-state index in [9.17, 15) is 9.59 Å². The van der Waals surface area contributed by atoms with Gasteiger partial charge in [-0.1, -0.05) is 17.7 Å². The topological polar surface area (TPSA) is 61.9 Å². The van der Waals surface area contributed by atoms with Crippen molar-refractivity contribution in [2.45, 2.75) is 6.04 Å². The number of hydrogen-bond acceptors (Lipinski definition) is 4. The number of halogens is 1. The number of alkyl carbamates (subject to hydrolysis) is 1. The highest BCUT2D eigenvalue weighted by molar-refractivity contribution is 6.30. The Bertz CT molecular complexity index is 558. The van der Waals surface area contributed by atoms with E-state index in [4.69, 9.17) is 16.3 Å². The van der Waals surface area contributed by atoms with Gasteiger partial charge in [0.15, 0.2) is 0 Å². The van der Waals surface area contributed by atoms with E-state index in [1.807, 2.05) is 24.3 Å². The van der Waals surface area contributed by atoms with Crippen LogP contribution in [0.4, 0.5) is 10.5 Å². The van der Waals surface area contributed by atoms with Gasteiger partial charge in [-0.2, -0.15) is 0 Å². The molecule has 0 spiro atoms. The van der Waals surface area contributed by atoms with Crippen molar-refractivity contribution < 1.29 is 14.3 Å². The highest BCUT2D eigenvalue weighted by atomic mass is 35.5. The molecular weight excluding hydrogens is 294 g/mol. The number of carbonyl (C=O) groups is 2. The summed E-state index contributed by atoms with van der Waals surface area (Å²) >= 11 is 6.00. The predicted octanol–water partition coefficient (Wildman–Crippen LogP) is 1.10. The Kier molecular flexibility index (Phi) is 3.88. The van der Waals surface area contributed by atoms with E-state index < -0.39 is 12.1 Å². The number of hydrogen-bond donors (Lipinski definition) is 1. The fraction of sp³-hybridized carbons (Fsp3) is 0.429. The quantitative estimate of drug-likeness (QED) is 0.888. The first-order valence-electron chi connectivity index (χ1n) is 6.86. The van der Waals surface area contributed by atoms with Crippen LogP contribution in [0.5, 0.6) is 0 Å². The zero-order chi connectivity index (χ0) is 14.8. The first kappa shape index (κ1) is 14.0. The number of anilines is 1. The van der Waals surface area contributed by atoms with Gasteiger partial charge in [-0.3, -0.25) is 4.79 Å². The van der Waals surface area contributed by atoms with Crippen LogP contribution in [-0.2, 0) is 9.53 Å². The molecule has 6 nitrogen and oxygen atoms in total. The molecule has 2 aliphatic rings. The third-order valence-electron chi connectivity index (χ3n) is 3.74. The number of cyclic esters (lactones) is 1. The first-order valence-corrected chi connectivity index (χ1v) is 7.24. The molecule has 0 radical (unpaired) electrons. The molecule has 0 bridgehead atoms. The van der Waals surface area contributed by atoms with Crippen molar-refractivity contribution in [3.05, 3.63) is 29.3 Å². The largest absolute Gasteiger partial charge is 0.447 e. The van der Waals surface area contributed by atoms with Crippen LogP contribution < -0.4 is 10.2 Å². The average molecular weight is 310 g/mol.